The van der Waals surface area contributed by atoms with Gasteiger partial charge in [-0.15, -0.1) is 0 Å². The Labute approximate surface area is 277 Å². The normalized spacial score (nSPS) is 12.3. The van der Waals surface area contributed by atoms with Gasteiger partial charge in [-0.25, -0.2) is 0 Å². The summed E-state index contributed by atoms with van der Waals surface area (Å²) in [7, 11) is -4.35. The van der Waals surface area contributed by atoms with Crippen molar-refractivity contribution in [1.29, 1.82) is 0 Å². The lowest BCUT2D eigenvalue weighted by Gasteiger charge is -2.16. The minimum absolute atomic E-state index is 0.104. The van der Waals surface area contributed by atoms with Crippen LogP contribution < -0.4 is 14.8 Å². The van der Waals surface area contributed by atoms with Gasteiger partial charge in [-0.05, 0) is 43.0 Å². The van der Waals surface area contributed by atoms with Crippen molar-refractivity contribution in [3.8, 4) is 11.5 Å². The van der Waals surface area contributed by atoms with Crippen LogP contribution >= 0.6 is 7.60 Å². The van der Waals surface area contributed by atoms with E-state index in [0.29, 0.717) is 31.8 Å². The Kier molecular flexibility index (Phi) is 21.0. The van der Waals surface area contributed by atoms with Crippen LogP contribution in [0.3, 0.4) is 0 Å². The standard InChI is InChI=1S/C37H59N2O6P/c1-3-5-7-8-9-10-11-12-13-14-15-16-17-19-37(40)39-33(25-28-46(41,42)43)29-32-20-22-35(23-21-32)45-31-34-30-36(24-26-38-34)44-27-18-6-4-2/h20-26,28,30,33H,3-19,27,29,31H2,1-2H3,(H,39,40)(H2,41,42,43). The zero-order valence-corrected chi connectivity index (χ0v) is 29.2. The zero-order chi connectivity index (χ0) is 33.3. The van der Waals surface area contributed by atoms with Crippen LogP contribution in [-0.2, 0) is 22.4 Å². The third-order valence-corrected chi connectivity index (χ3v) is 8.50. The molecule has 2 rings (SSSR count). The van der Waals surface area contributed by atoms with E-state index in [0.717, 1.165) is 61.3 Å². The number of ether oxygens (including phenoxy) is 2. The number of unbranched alkanes of at least 4 members (excludes halogenated alkanes) is 14. The molecule has 9 heteroatoms. The van der Waals surface area contributed by atoms with Crippen LogP contribution in [0, 0.1) is 0 Å². The summed E-state index contributed by atoms with van der Waals surface area (Å²) in [5.74, 6) is 2.22. The van der Waals surface area contributed by atoms with Gasteiger partial charge in [0.15, 0.2) is 0 Å². The third-order valence-electron chi connectivity index (χ3n) is 7.94. The lowest BCUT2D eigenvalue weighted by molar-refractivity contribution is -0.121. The molecule has 1 aromatic carbocycles. The Balaban J connectivity index is 1.73. The fourth-order valence-electron chi connectivity index (χ4n) is 5.27. The fraction of sp³-hybridized carbons (Fsp3) is 0.622. The molecule has 1 atom stereocenters. The highest BCUT2D eigenvalue weighted by molar-refractivity contribution is 7.55. The number of aromatic nitrogens is 1. The van der Waals surface area contributed by atoms with Gasteiger partial charge < -0.3 is 24.6 Å². The predicted molar refractivity (Wildman–Crippen MR) is 187 cm³/mol. The van der Waals surface area contributed by atoms with Crippen LogP contribution in [0.1, 0.15) is 134 Å². The quantitative estimate of drug-likeness (QED) is 0.0646. The first-order valence-corrected chi connectivity index (χ1v) is 19.3. The third kappa shape index (κ3) is 20.5. The molecule has 8 nitrogen and oxygen atoms in total. The van der Waals surface area contributed by atoms with Crippen molar-refractivity contribution in [1.82, 2.24) is 10.3 Å². The first-order chi connectivity index (χ1) is 22.3. The van der Waals surface area contributed by atoms with Gasteiger partial charge >= 0.3 is 7.60 Å². The van der Waals surface area contributed by atoms with Crippen molar-refractivity contribution in [2.24, 2.45) is 0 Å². The summed E-state index contributed by atoms with van der Waals surface area (Å²) >= 11 is 0. The summed E-state index contributed by atoms with van der Waals surface area (Å²) in [6.07, 6.45) is 23.4. The number of hydrogen-bond donors (Lipinski definition) is 3. The lowest BCUT2D eigenvalue weighted by atomic mass is 10.0. The average molecular weight is 659 g/mol. The summed E-state index contributed by atoms with van der Waals surface area (Å²) < 4.78 is 23.2. The number of rotatable bonds is 27. The Bertz CT molecular complexity index is 1150. The molecule has 1 aromatic heterocycles. The number of benzene rings is 1. The molecule has 3 N–H and O–H groups in total. The van der Waals surface area contributed by atoms with Crippen molar-refractivity contribution in [2.45, 2.75) is 142 Å². The van der Waals surface area contributed by atoms with Gasteiger partial charge in [0, 0.05) is 24.5 Å². The molecule has 1 amide bonds. The molecule has 0 saturated heterocycles. The summed E-state index contributed by atoms with van der Waals surface area (Å²) in [5, 5.41) is 2.95. The van der Waals surface area contributed by atoms with Crippen LogP contribution in [0.2, 0.25) is 0 Å². The molecule has 1 heterocycles. The van der Waals surface area contributed by atoms with Crippen LogP contribution in [0.25, 0.3) is 0 Å². The van der Waals surface area contributed by atoms with Gasteiger partial charge in [-0.1, -0.05) is 122 Å². The molecular weight excluding hydrogens is 599 g/mol. The summed E-state index contributed by atoms with van der Waals surface area (Å²) in [5.41, 5.74) is 1.68. The molecule has 0 aliphatic rings. The van der Waals surface area contributed by atoms with E-state index in [1.807, 2.05) is 36.4 Å². The molecule has 0 aliphatic heterocycles. The van der Waals surface area contributed by atoms with Gasteiger partial charge in [-0.2, -0.15) is 0 Å². The van der Waals surface area contributed by atoms with Crippen molar-refractivity contribution < 1.29 is 28.6 Å². The Hall–Kier alpha value is -2.67. The topological polar surface area (TPSA) is 118 Å². The van der Waals surface area contributed by atoms with E-state index in [9.17, 15) is 19.1 Å². The van der Waals surface area contributed by atoms with E-state index >= 15 is 0 Å². The molecular formula is C37H59N2O6P. The smallest absolute Gasteiger partial charge is 0.348 e. The second-order valence-electron chi connectivity index (χ2n) is 12.3. The van der Waals surface area contributed by atoms with E-state index in [4.69, 9.17) is 9.47 Å². The molecule has 0 radical (unpaired) electrons. The van der Waals surface area contributed by atoms with Gasteiger partial charge in [0.05, 0.1) is 18.3 Å². The maximum absolute atomic E-state index is 12.7. The first kappa shape index (κ1) is 39.5. The van der Waals surface area contributed by atoms with Gasteiger partial charge in [0.1, 0.15) is 18.1 Å². The fourth-order valence-corrected chi connectivity index (χ4v) is 5.70. The van der Waals surface area contributed by atoms with Crippen molar-refractivity contribution >= 4 is 13.5 Å². The Morgan fingerprint density at radius 1 is 0.804 bits per heavy atom. The Morgan fingerprint density at radius 2 is 1.39 bits per heavy atom. The molecule has 0 saturated carbocycles. The zero-order valence-electron chi connectivity index (χ0n) is 28.3. The number of nitrogens with zero attached hydrogens (tertiary/aromatic N) is 1. The summed E-state index contributed by atoms with van der Waals surface area (Å²) in [6, 6.07) is 10.7. The number of carbonyl (C=O) groups excluding carboxylic acids is 1. The van der Waals surface area contributed by atoms with Crippen molar-refractivity contribution in [3.05, 3.63) is 65.7 Å². The van der Waals surface area contributed by atoms with E-state index in [2.05, 4.69) is 24.1 Å². The maximum Gasteiger partial charge on any atom is 0.348 e. The SMILES string of the molecule is CCCCCCCCCCCCCCCC(=O)NC(C=CP(=O)(O)O)Cc1ccc(OCc2cc(OCCCCC)ccn2)cc1. The van der Waals surface area contributed by atoms with Crippen molar-refractivity contribution in [2.75, 3.05) is 6.61 Å². The van der Waals surface area contributed by atoms with Crippen LogP contribution in [0.4, 0.5) is 0 Å². The van der Waals surface area contributed by atoms with Gasteiger partial charge in [-0.3, -0.25) is 14.3 Å². The highest BCUT2D eigenvalue weighted by Gasteiger charge is 2.14. The number of amides is 1. The largest absolute Gasteiger partial charge is 0.493 e. The van der Waals surface area contributed by atoms with Crippen LogP contribution in [0.15, 0.2) is 54.5 Å². The van der Waals surface area contributed by atoms with Gasteiger partial charge in [0.2, 0.25) is 5.91 Å². The number of carbonyl (C=O) groups is 1. The van der Waals surface area contributed by atoms with Gasteiger partial charge in [0.25, 0.3) is 0 Å². The minimum Gasteiger partial charge on any atom is -0.493 e. The average Bonchev–Trinajstić information content (AvgIpc) is 3.03. The molecule has 0 fully saturated rings. The lowest BCUT2D eigenvalue weighted by Crippen LogP contribution is -2.34. The van der Waals surface area contributed by atoms with Crippen molar-refractivity contribution in [3.63, 3.8) is 0 Å². The second-order valence-corrected chi connectivity index (χ2v) is 13.7. The van der Waals surface area contributed by atoms with E-state index in [1.165, 1.54) is 70.3 Å². The minimum atomic E-state index is -4.35. The van der Waals surface area contributed by atoms with E-state index in [1.54, 1.807) is 6.20 Å². The molecule has 0 aliphatic carbocycles. The van der Waals surface area contributed by atoms with Crippen LogP contribution in [0.5, 0.6) is 11.5 Å². The first-order valence-electron chi connectivity index (χ1n) is 17.6. The predicted octanol–water partition coefficient (Wildman–Crippen LogP) is 9.43. The monoisotopic (exact) mass is 658 g/mol. The molecule has 0 spiro atoms. The summed E-state index contributed by atoms with van der Waals surface area (Å²) in [6.45, 7) is 5.40. The van der Waals surface area contributed by atoms with E-state index in [-0.39, 0.29) is 5.91 Å². The number of pyridine rings is 1. The van der Waals surface area contributed by atoms with E-state index < -0.39 is 13.6 Å². The molecule has 2 aromatic rings. The second kappa shape index (κ2) is 24.5. The molecule has 46 heavy (non-hydrogen) atoms. The molecule has 0 bridgehead atoms. The molecule has 1 unspecified atom stereocenters. The summed E-state index contributed by atoms with van der Waals surface area (Å²) in [4.78, 5) is 35.8. The molecule has 258 valence electrons. The number of hydrogen-bond acceptors (Lipinski definition) is 5. The highest BCUT2D eigenvalue weighted by Crippen LogP contribution is 2.36. The number of nitrogens with one attached hydrogen (secondary N) is 1. The van der Waals surface area contributed by atoms with Crippen LogP contribution in [-0.4, -0.2) is 33.3 Å². The Morgan fingerprint density at radius 3 is 2.00 bits per heavy atom. The maximum atomic E-state index is 12.7. The highest BCUT2D eigenvalue weighted by atomic mass is 31.2.